The molecule has 1 unspecified atom stereocenters. The first-order valence-electron chi connectivity index (χ1n) is 4.82. The van der Waals surface area contributed by atoms with Gasteiger partial charge in [-0.05, 0) is 29.5 Å². The summed E-state index contributed by atoms with van der Waals surface area (Å²) in [4.78, 5) is 0. The number of nitriles is 1. The zero-order valence-corrected chi connectivity index (χ0v) is 8.91. The zero-order valence-electron chi connectivity index (χ0n) is 8.91. The molecule has 2 heteroatoms. The molecule has 2 nitrogen and oxygen atoms in total. The summed E-state index contributed by atoms with van der Waals surface area (Å²) in [5.41, 5.74) is 8.97. The van der Waals surface area contributed by atoms with Crippen molar-refractivity contribution in [3.05, 3.63) is 34.9 Å². The van der Waals surface area contributed by atoms with E-state index in [0.29, 0.717) is 5.92 Å². The van der Waals surface area contributed by atoms with Crippen molar-refractivity contribution < 1.29 is 0 Å². The van der Waals surface area contributed by atoms with Gasteiger partial charge in [-0.1, -0.05) is 32.0 Å². The summed E-state index contributed by atoms with van der Waals surface area (Å²) in [5, 5.41) is 8.77. The molecule has 1 atom stereocenters. The molecule has 2 N–H and O–H groups in total. The van der Waals surface area contributed by atoms with Crippen molar-refractivity contribution in [2.24, 2.45) is 5.73 Å². The van der Waals surface area contributed by atoms with Crippen LogP contribution in [0.5, 0.6) is 0 Å². The van der Waals surface area contributed by atoms with Gasteiger partial charge in [-0.2, -0.15) is 5.26 Å². The molecular formula is C12H16N2. The molecule has 0 spiro atoms. The van der Waals surface area contributed by atoms with E-state index in [2.05, 4.69) is 26.0 Å². The van der Waals surface area contributed by atoms with Crippen molar-refractivity contribution in [3.8, 4) is 6.07 Å². The number of hydrogen-bond donors (Lipinski definition) is 1. The average molecular weight is 188 g/mol. The Balaban J connectivity index is 3.16. The lowest BCUT2D eigenvalue weighted by molar-refractivity contribution is 0.847. The van der Waals surface area contributed by atoms with Gasteiger partial charge in [0.25, 0.3) is 0 Å². The van der Waals surface area contributed by atoms with Gasteiger partial charge in [0.2, 0.25) is 0 Å². The van der Waals surface area contributed by atoms with Gasteiger partial charge in [-0.25, -0.2) is 0 Å². The third-order valence-corrected chi connectivity index (χ3v) is 2.44. The van der Waals surface area contributed by atoms with Gasteiger partial charge in [-0.15, -0.1) is 0 Å². The van der Waals surface area contributed by atoms with Crippen LogP contribution in [0, 0.1) is 18.3 Å². The quantitative estimate of drug-likeness (QED) is 0.775. The minimum absolute atomic E-state index is 0.472. The van der Waals surface area contributed by atoms with E-state index in [1.54, 1.807) is 0 Å². The lowest BCUT2D eigenvalue weighted by atomic mass is 9.95. The van der Waals surface area contributed by atoms with Crippen molar-refractivity contribution in [3.63, 3.8) is 0 Å². The summed E-state index contributed by atoms with van der Waals surface area (Å²) >= 11 is 0. The normalized spacial score (nSPS) is 12.6. The summed E-state index contributed by atoms with van der Waals surface area (Å²) in [6.45, 7) is 6.25. The van der Waals surface area contributed by atoms with E-state index >= 15 is 0 Å². The first kappa shape index (κ1) is 10.7. The molecule has 0 amide bonds. The number of nitrogens with zero attached hydrogens (tertiary/aromatic N) is 1. The zero-order chi connectivity index (χ0) is 10.7. The van der Waals surface area contributed by atoms with Gasteiger partial charge < -0.3 is 5.73 Å². The molecule has 0 aromatic heterocycles. The summed E-state index contributed by atoms with van der Waals surface area (Å²) in [6, 6.07) is 7.72. The van der Waals surface area contributed by atoms with Crippen LogP contribution in [0.4, 0.5) is 0 Å². The second-order valence-electron chi connectivity index (χ2n) is 3.88. The van der Waals surface area contributed by atoms with Gasteiger partial charge in [0.1, 0.15) is 6.04 Å². The smallest absolute Gasteiger partial charge is 0.119 e. The Labute approximate surface area is 85.4 Å². The predicted octanol–water partition coefficient (Wildman–Crippen LogP) is 2.64. The van der Waals surface area contributed by atoms with E-state index in [4.69, 9.17) is 11.0 Å². The molecule has 1 rings (SSSR count). The summed E-state index contributed by atoms with van der Waals surface area (Å²) in [6.07, 6.45) is 0. The Bertz CT molecular complexity index is 361. The fourth-order valence-corrected chi connectivity index (χ4v) is 1.42. The van der Waals surface area contributed by atoms with Crippen molar-refractivity contribution in [1.82, 2.24) is 0 Å². The van der Waals surface area contributed by atoms with Crippen molar-refractivity contribution in [2.45, 2.75) is 32.7 Å². The van der Waals surface area contributed by atoms with Crippen LogP contribution < -0.4 is 5.73 Å². The number of aryl methyl sites for hydroxylation is 1. The summed E-state index contributed by atoms with van der Waals surface area (Å²) in [7, 11) is 0. The fraction of sp³-hybridized carbons (Fsp3) is 0.417. The third-order valence-electron chi connectivity index (χ3n) is 2.44. The number of benzene rings is 1. The Morgan fingerprint density at radius 2 is 2.00 bits per heavy atom. The highest BCUT2D eigenvalue weighted by molar-refractivity contribution is 5.36. The van der Waals surface area contributed by atoms with Gasteiger partial charge in [0.15, 0.2) is 0 Å². The van der Waals surface area contributed by atoms with Crippen molar-refractivity contribution >= 4 is 0 Å². The molecule has 0 heterocycles. The van der Waals surface area contributed by atoms with Gasteiger partial charge in [0.05, 0.1) is 6.07 Å². The van der Waals surface area contributed by atoms with Gasteiger partial charge in [0, 0.05) is 0 Å². The molecule has 1 aromatic rings. The standard InChI is InChI=1S/C12H16N2/c1-8(2)10-5-4-9(3)11(6-10)12(14)7-13/h4-6,8,12H,14H2,1-3H3. The average Bonchev–Trinajstić information content (AvgIpc) is 2.17. The van der Waals surface area contributed by atoms with Crippen LogP contribution in [0.15, 0.2) is 18.2 Å². The second kappa shape index (κ2) is 4.26. The van der Waals surface area contributed by atoms with Crippen molar-refractivity contribution in [2.75, 3.05) is 0 Å². The maximum Gasteiger partial charge on any atom is 0.119 e. The molecular weight excluding hydrogens is 172 g/mol. The van der Waals surface area contributed by atoms with E-state index in [-0.39, 0.29) is 0 Å². The van der Waals surface area contributed by atoms with Crippen molar-refractivity contribution in [1.29, 1.82) is 5.26 Å². The van der Waals surface area contributed by atoms with E-state index in [9.17, 15) is 0 Å². The van der Waals surface area contributed by atoms with Crippen LogP contribution in [-0.4, -0.2) is 0 Å². The molecule has 0 bridgehead atoms. The molecule has 0 saturated carbocycles. The molecule has 0 fully saturated rings. The highest BCUT2D eigenvalue weighted by Crippen LogP contribution is 2.21. The number of hydrogen-bond acceptors (Lipinski definition) is 2. The monoisotopic (exact) mass is 188 g/mol. The first-order valence-corrected chi connectivity index (χ1v) is 4.82. The van der Waals surface area contributed by atoms with Crippen LogP contribution in [0.2, 0.25) is 0 Å². The Morgan fingerprint density at radius 3 is 2.50 bits per heavy atom. The largest absolute Gasteiger partial charge is 0.312 e. The van der Waals surface area contributed by atoms with E-state index < -0.39 is 6.04 Å². The fourth-order valence-electron chi connectivity index (χ4n) is 1.42. The molecule has 1 aromatic carbocycles. The topological polar surface area (TPSA) is 49.8 Å². The van der Waals surface area contributed by atoms with Gasteiger partial charge in [-0.3, -0.25) is 0 Å². The molecule has 0 aliphatic carbocycles. The minimum atomic E-state index is -0.506. The molecule has 0 saturated heterocycles. The maximum absolute atomic E-state index is 8.77. The summed E-state index contributed by atoms with van der Waals surface area (Å²) in [5.74, 6) is 0.472. The molecule has 0 aliphatic rings. The molecule has 74 valence electrons. The minimum Gasteiger partial charge on any atom is -0.312 e. The van der Waals surface area contributed by atoms with Crippen LogP contribution >= 0.6 is 0 Å². The number of nitrogens with two attached hydrogens (primary N) is 1. The lowest BCUT2D eigenvalue weighted by Crippen LogP contribution is -2.09. The summed E-state index contributed by atoms with van der Waals surface area (Å²) < 4.78 is 0. The SMILES string of the molecule is Cc1ccc(C(C)C)cc1C(N)C#N. The predicted molar refractivity (Wildman–Crippen MR) is 57.8 cm³/mol. The van der Waals surface area contributed by atoms with E-state index in [1.807, 2.05) is 19.1 Å². The number of rotatable bonds is 2. The molecule has 0 radical (unpaired) electrons. The second-order valence-corrected chi connectivity index (χ2v) is 3.88. The molecule has 0 aliphatic heterocycles. The maximum atomic E-state index is 8.77. The Morgan fingerprint density at radius 1 is 1.36 bits per heavy atom. The first-order chi connectivity index (χ1) is 6.56. The Hall–Kier alpha value is -1.33. The van der Waals surface area contributed by atoms with Crippen LogP contribution in [0.25, 0.3) is 0 Å². The highest BCUT2D eigenvalue weighted by Gasteiger charge is 2.09. The Kier molecular flexibility index (Phi) is 3.27. The van der Waals surface area contributed by atoms with E-state index in [0.717, 1.165) is 11.1 Å². The highest BCUT2D eigenvalue weighted by atomic mass is 14.6. The van der Waals surface area contributed by atoms with Crippen LogP contribution in [-0.2, 0) is 0 Å². The third kappa shape index (κ3) is 2.12. The van der Waals surface area contributed by atoms with Crippen LogP contribution in [0.1, 0.15) is 42.5 Å². The van der Waals surface area contributed by atoms with Gasteiger partial charge >= 0.3 is 0 Å². The van der Waals surface area contributed by atoms with E-state index in [1.165, 1.54) is 5.56 Å². The lowest BCUT2D eigenvalue weighted by Gasteiger charge is -2.12. The molecule has 14 heavy (non-hydrogen) atoms. The van der Waals surface area contributed by atoms with Crippen LogP contribution in [0.3, 0.4) is 0 Å².